The van der Waals surface area contributed by atoms with Crippen molar-refractivity contribution in [3.63, 3.8) is 0 Å². The molecule has 1 fully saturated rings. The molecule has 0 bridgehead atoms. The molecule has 0 aliphatic carbocycles. The van der Waals surface area contributed by atoms with Gasteiger partial charge in [-0.2, -0.15) is 0 Å². The molecule has 6 rings (SSSR count). The molecule has 2 unspecified atom stereocenters. The molecule has 1 saturated heterocycles. The van der Waals surface area contributed by atoms with Crippen LogP contribution in [0.3, 0.4) is 0 Å². The highest BCUT2D eigenvalue weighted by Crippen LogP contribution is 2.54. The van der Waals surface area contributed by atoms with Crippen molar-refractivity contribution in [3.8, 4) is 28.7 Å². The first-order valence-corrected chi connectivity index (χ1v) is 10.4. The summed E-state index contributed by atoms with van der Waals surface area (Å²) in [6.07, 6.45) is -7.01. The van der Waals surface area contributed by atoms with E-state index in [1.807, 2.05) is 18.2 Å². The van der Waals surface area contributed by atoms with Crippen LogP contribution in [-0.4, -0.2) is 71.1 Å². The number of fused-ring (bicyclic) bond motifs is 6. The minimum absolute atomic E-state index is 0.00390. The van der Waals surface area contributed by atoms with E-state index in [0.717, 1.165) is 16.9 Å². The van der Waals surface area contributed by atoms with Gasteiger partial charge in [0.15, 0.2) is 11.5 Å². The van der Waals surface area contributed by atoms with Gasteiger partial charge in [-0.25, -0.2) is 0 Å². The van der Waals surface area contributed by atoms with E-state index in [0.29, 0.717) is 29.6 Å². The van der Waals surface area contributed by atoms with Crippen LogP contribution in [0.2, 0.25) is 0 Å². The lowest BCUT2D eigenvalue weighted by Crippen LogP contribution is -2.60. The Labute approximate surface area is 182 Å². The topological polar surface area (TPSA) is 136 Å². The Morgan fingerprint density at radius 2 is 1.66 bits per heavy atom. The Balaban J connectivity index is 1.23. The van der Waals surface area contributed by atoms with Gasteiger partial charge in [0.2, 0.25) is 13.1 Å². The first-order chi connectivity index (χ1) is 15.5. The molecule has 4 aliphatic heterocycles. The highest BCUT2D eigenvalue weighted by Gasteiger charge is 2.45. The van der Waals surface area contributed by atoms with E-state index in [1.165, 1.54) is 0 Å². The maximum Gasteiger partial charge on any atom is 0.231 e. The van der Waals surface area contributed by atoms with Gasteiger partial charge in [-0.3, -0.25) is 0 Å². The highest BCUT2D eigenvalue weighted by atomic mass is 16.7. The van der Waals surface area contributed by atoms with Crippen LogP contribution in [0.15, 0.2) is 30.3 Å². The second-order valence-electron chi connectivity index (χ2n) is 8.21. The van der Waals surface area contributed by atoms with Crippen molar-refractivity contribution in [1.82, 2.24) is 0 Å². The Hall–Kier alpha value is -2.76. The zero-order valence-electron chi connectivity index (χ0n) is 16.8. The third-order valence-corrected chi connectivity index (χ3v) is 6.33. The van der Waals surface area contributed by atoms with E-state index in [2.05, 4.69) is 0 Å². The standard InChI is InChI=1S/C22H22O10/c23-6-17-18(24)19(25)20(26)22(32-17)30-9-1-2-10-13(3-9)27-7-12-11-4-15-16(29-8-28-15)5-14(11)31-21(10)12/h1-5,12,17-26H,6-8H2/t12-,17?,18+,19+,20?,21-,22+/m0/s1. The molecular weight excluding hydrogens is 424 g/mol. The first-order valence-electron chi connectivity index (χ1n) is 10.4. The summed E-state index contributed by atoms with van der Waals surface area (Å²) < 4.78 is 34.2. The summed E-state index contributed by atoms with van der Waals surface area (Å²) in [6.45, 7) is 0.0648. The smallest absolute Gasteiger partial charge is 0.231 e. The Bertz CT molecular complexity index is 1040. The number of hydrogen-bond acceptors (Lipinski definition) is 10. The monoisotopic (exact) mass is 446 g/mol. The van der Waals surface area contributed by atoms with Crippen LogP contribution in [0.1, 0.15) is 23.1 Å². The van der Waals surface area contributed by atoms with Gasteiger partial charge in [0, 0.05) is 23.3 Å². The van der Waals surface area contributed by atoms with Gasteiger partial charge in [-0.05, 0) is 18.2 Å². The van der Waals surface area contributed by atoms with Crippen LogP contribution in [0.25, 0.3) is 0 Å². The SMILES string of the molecule is OCC1O[C@@H](Oc2ccc3c(c2)OC[C@H]2c4cc5c(cc4O[C@@H]32)OCO5)C(O)[C@H](O)[C@@H]1O. The van der Waals surface area contributed by atoms with Crippen molar-refractivity contribution in [1.29, 1.82) is 0 Å². The number of hydrogen-bond donors (Lipinski definition) is 4. The summed E-state index contributed by atoms with van der Waals surface area (Å²) in [4.78, 5) is 0. The fraction of sp³-hybridized carbons (Fsp3) is 0.455. The molecule has 4 aliphatic rings. The average molecular weight is 446 g/mol. The molecule has 0 aromatic heterocycles. The van der Waals surface area contributed by atoms with Gasteiger partial charge in [-0.1, -0.05) is 0 Å². The molecule has 0 amide bonds. The largest absolute Gasteiger partial charge is 0.492 e. The molecule has 4 heterocycles. The number of aliphatic hydroxyl groups is 4. The van der Waals surface area contributed by atoms with Crippen molar-refractivity contribution in [2.75, 3.05) is 20.0 Å². The zero-order valence-corrected chi connectivity index (χ0v) is 16.8. The predicted octanol–water partition coefficient (Wildman–Crippen LogP) is 0.204. The summed E-state index contributed by atoms with van der Waals surface area (Å²) in [6, 6.07) is 8.94. The molecule has 7 atom stereocenters. The molecule has 0 radical (unpaired) electrons. The maximum absolute atomic E-state index is 10.2. The van der Waals surface area contributed by atoms with Crippen molar-refractivity contribution in [3.05, 3.63) is 41.5 Å². The van der Waals surface area contributed by atoms with Gasteiger partial charge < -0.3 is 48.8 Å². The van der Waals surface area contributed by atoms with Crippen molar-refractivity contribution < 1.29 is 48.8 Å². The molecule has 170 valence electrons. The lowest BCUT2D eigenvalue weighted by molar-refractivity contribution is -0.277. The lowest BCUT2D eigenvalue weighted by atomic mass is 9.89. The summed E-state index contributed by atoms with van der Waals surface area (Å²) in [5, 5.41) is 39.4. The summed E-state index contributed by atoms with van der Waals surface area (Å²) in [7, 11) is 0. The maximum atomic E-state index is 10.2. The van der Waals surface area contributed by atoms with Crippen LogP contribution in [-0.2, 0) is 4.74 Å². The molecule has 10 nitrogen and oxygen atoms in total. The van der Waals surface area contributed by atoms with Gasteiger partial charge in [0.25, 0.3) is 0 Å². The Kier molecular flexibility index (Phi) is 4.60. The molecule has 2 aromatic carbocycles. The molecular formula is C22H22O10. The van der Waals surface area contributed by atoms with E-state index in [4.69, 9.17) is 28.4 Å². The van der Waals surface area contributed by atoms with Gasteiger partial charge in [-0.15, -0.1) is 0 Å². The summed E-state index contributed by atoms with van der Waals surface area (Å²) >= 11 is 0. The van der Waals surface area contributed by atoms with Gasteiger partial charge in [0.1, 0.15) is 47.8 Å². The Morgan fingerprint density at radius 1 is 0.844 bits per heavy atom. The van der Waals surface area contributed by atoms with Crippen LogP contribution in [0.5, 0.6) is 28.7 Å². The van der Waals surface area contributed by atoms with Crippen LogP contribution >= 0.6 is 0 Å². The van der Waals surface area contributed by atoms with E-state index in [1.54, 1.807) is 12.1 Å². The number of aliphatic hydroxyl groups excluding tert-OH is 4. The van der Waals surface area contributed by atoms with Gasteiger partial charge in [0.05, 0.1) is 19.1 Å². The van der Waals surface area contributed by atoms with Crippen molar-refractivity contribution >= 4 is 0 Å². The fourth-order valence-electron chi connectivity index (χ4n) is 4.60. The van der Waals surface area contributed by atoms with Crippen molar-refractivity contribution in [2.24, 2.45) is 0 Å². The van der Waals surface area contributed by atoms with E-state index < -0.39 is 37.3 Å². The zero-order chi connectivity index (χ0) is 22.0. The number of rotatable bonds is 3. The van der Waals surface area contributed by atoms with Crippen LogP contribution in [0, 0.1) is 0 Å². The molecule has 0 saturated carbocycles. The molecule has 0 spiro atoms. The van der Waals surface area contributed by atoms with E-state index in [9.17, 15) is 20.4 Å². The first kappa shape index (κ1) is 19.9. The lowest BCUT2D eigenvalue weighted by Gasteiger charge is -2.39. The number of ether oxygens (including phenoxy) is 6. The predicted molar refractivity (Wildman–Crippen MR) is 105 cm³/mol. The minimum Gasteiger partial charge on any atom is -0.492 e. The normalized spacial score (nSPS) is 34.1. The number of benzene rings is 2. The second-order valence-corrected chi connectivity index (χ2v) is 8.21. The van der Waals surface area contributed by atoms with Crippen LogP contribution < -0.4 is 23.7 Å². The quantitative estimate of drug-likeness (QED) is 0.518. The molecule has 32 heavy (non-hydrogen) atoms. The molecule has 4 N–H and O–H groups in total. The van der Waals surface area contributed by atoms with E-state index in [-0.39, 0.29) is 18.8 Å². The van der Waals surface area contributed by atoms with Gasteiger partial charge >= 0.3 is 0 Å². The minimum atomic E-state index is -1.51. The Morgan fingerprint density at radius 3 is 2.47 bits per heavy atom. The molecule has 10 heteroatoms. The third-order valence-electron chi connectivity index (χ3n) is 6.33. The van der Waals surface area contributed by atoms with Crippen LogP contribution in [0.4, 0.5) is 0 Å². The summed E-state index contributed by atoms with van der Waals surface area (Å²) in [5.41, 5.74) is 1.85. The highest BCUT2D eigenvalue weighted by molar-refractivity contribution is 5.57. The third kappa shape index (κ3) is 2.99. The average Bonchev–Trinajstić information content (AvgIpc) is 3.41. The summed E-state index contributed by atoms with van der Waals surface area (Å²) in [5.74, 6) is 3.00. The fourth-order valence-corrected chi connectivity index (χ4v) is 4.60. The molecule has 2 aromatic rings. The van der Waals surface area contributed by atoms with E-state index >= 15 is 0 Å². The van der Waals surface area contributed by atoms with Crippen molar-refractivity contribution in [2.45, 2.75) is 42.7 Å². The second kappa shape index (κ2) is 7.39.